The molecule has 7 heteroatoms. The van der Waals surface area contributed by atoms with E-state index < -0.39 is 12.6 Å². The van der Waals surface area contributed by atoms with Crippen molar-refractivity contribution in [3.05, 3.63) is 24.3 Å². The Morgan fingerprint density at radius 2 is 0.879 bits per heavy atom. The van der Waals surface area contributed by atoms with Crippen LogP contribution in [0.5, 0.6) is 0 Å². The second-order valence-corrected chi connectivity index (χ2v) is 7.70. The third-order valence-electron chi connectivity index (χ3n) is 4.49. The molecule has 0 aliphatic rings. The van der Waals surface area contributed by atoms with Crippen LogP contribution in [-0.4, -0.2) is 65.8 Å². The van der Waals surface area contributed by atoms with Crippen LogP contribution in [0.15, 0.2) is 24.3 Å². The molecular weight excluding hydrogens is 424 g/mol. The van der Waals surface area contributed by atoms with E-state index >= 15 is 0 Å². The summed E-state index contributed by atoms with van der Waals surface area (Å²) >= 11 is 0. The molecule has 0 aromatic heterocycles. The first-order chi connectivity index (χ1) is 16.1. The number of rotatable bonds is 24. The van der Waals surface area contributed by atoms with Crippen LogP contribution in [0.25, 0.3) is 0 Å². The largest absolute Gasteiger partial charge is 0.353 e. The van der Waals surface area contributed by atoms with Crippen LogP contribution in [0.2, 0.25) is 0 Å². The maximum atomic E-state index is 5.88. The summed E-state index contributed by atoms with van der Waals surface area (Å²) < 4.78 is 39.8. The van der Waals surface area contributed by atoms with Crippen molar-refractivity contribution >= 4 is 0 Å². The Hall–Kier alpha value is -0.800. The molecule has 0 rings (SSSR count). The van der Waals surface area contributed by atoms with Crippen LogP contribution in [0.4, 0.5) is 0 Å². The third kappa shape index (κ3) is 19.2. The predicted molar refractivity (Wildman–Crippen MR) is 132 cm³/mol. The first-order valence-corrected chi connectivity index (χ1v) is 12.7. The van der Waals surface area contributed by atoms with E-state index in [2.05, 4.69) is 27.7 Å². The maximum Gasteiger partial charge on any atom is 0.179 e. The maximum absolute atomic E-state index is 5.88. The molecule has 2 unspecified atom stereocenters. The van der Waals surface area contributed by atoms with E-state index in [-0.39, 0.29) is 12.6 Å². The summed E-state index contributed by atoms with van der Waals surface area (Å²) in [5.41, 5.74) is 0. The Morgan fingerprint density at radius 1 is 0.545 bits per heavy atom. The van der Waals surface area contributed by atoms with Gasteiger partial charge in [-0.15, -0.1) is 0 Å². The predicted octanol–water partition coefficient (Wildman–Crippen LogP) is 5.98. The quantitative estimate of drug-likeness (QED) is 0.126. The number of ether oxygens (including phenoxy) is 7. The molecule has 0 aliphatic heterocycles. The van der Waals surface area contributed by atoms with Crippen LogP contribution in [0, 0.1) is 0 Å². The van der Waals surface area contributed by atoms with Crippen LogP contribution >= 0.6 is 0 Å². The van der Waals surface area contributed by atoms with Gasteiger partial charge in [0.1, 0.15) is 0 Å². The lowest BCUT2D eigenvalue weighted by atomic mass is 10.2. The molecule has 0 spiro atoms. The van der Waals surface area contributed by atoms with Gasteiger partial charge in [-0.2, -0.15) is 0 Å². The van der Waals surface area contributed by atoms with E-state index in [1.807, 2.05) is 24.3 Å². The number of hydrogen-bond acceptors (Lipinski definition) is 7. The average Bonchev–Trinajstić information content (AvgIpc) is 2.84. The van der Waals surface area contributed by atoms with Crippen molar-refractivity contribution in [1.29, 1.82) is 0 Å². The molecule has 0 saturated carbocycles. The van der Waals surface area contributed by atoms with Gasteiger partial charge in [0.2, 0.25) is 0 Å². The summed E-state index contributed by atoms with van der Waals surface area (Å²) in [5.74, 6) is 0. The molecule has 0 amide bonds. The highest BCUT2D eigenvalue weighted by Gasteiger charge is 2.12. The monoisotopic (exact) mass is 474 g/mol. The molecule has 0 aromatic carbocycles. The van der Waals surface area contributed by atoms with Gasteiger partial charge in [0.25, 0.3) is 0 Å². The molecule has 33 heavy (non-hydrogen) atoms. The van der Waals surface area contributed by atoms with Gasteiger partial charge in [-0.25, -0.2) is 0 Å². The summed E-state index contributed by atoms with van der Waals surface area (Å²) in [4.78, 5) is 0. The van der Waals surface area contributed by atoms with Crippen molar-refractivity contribution in [2.45, 2.75) is 104 Å². The minimum atomic E-state index is -0.500. The minimum absolute atomic E-state index is 0.169. The summed E-state index contributed by atoms with van der Waals surface area (Å²) in [6.07, 6.45) is 13.6. The first-order valence-electron chi connectivity index (χ1n) is 12.7. The van der Waals surface area contributed by atoms with Gasteiger partial charge in [0.15, 0.2) is 25.2 Å². The Morgan fingerprint density at radius 3 is 1.15 bits per heavy atom. The van der Waals surface area contributed by atoms with Crippen molar-refractivity contribution in [1.82, 2.24) is 0 Å². The van der Waals surface area contributed by atoms with Gasteiger partial charge in [0, 0.05) is 53.5 Å². The van der Waals surface area contributed by atoms with Gasteiger partial charge in [-0.05, 0) is 50.7 Å². The summed E-state index contributed by atoms with van der Waals surface area (Å²) in [5, 5.41) is 0. The lowest BCUT2D eigenvalue weighted by Crippen LogP contribution is -2.22. The lowest BCUT2D eigenvalue weighted by Gasteiger charge is -2.19. The summed E-state index contributed by atoms with van der Waals surface area (Å²) in [6, 6.07) is 0. The van der Waals surface area contributed by atoms with Crippen molar-refractivity contribution in [3.63, 3.8) is 0 Å². The number of methoxy groups -OCH3 is 2. The van der Waals surface area contributed by atoms with Gasteiger partial charge < -0.3 is 33.2 Å². The van der Waals surface area contributed by atoms with Crippen molar-refractivity contribution in [2.75, 3.05) is 40.6 Å². The molecule has 0 heterocycles. The third-order valence-corrected chi connectivity index (χ3v) is 4.49. The summed E-state index contributed by atoms with van der Waals surface area (Å²) in [7, 11) is 3.23. The van der Waals surface area contributed by atoms with Gasteiger partial charge >= 0.3 is 0 Å². The van der Waals surface area contributed by atoms with Crippen molar-refractivity contribution < 1.29 is 33.2 Å². The van der Waals surface area contributed by atoms with Crippen LogP contribution in [0.1, 0.15) is 79.1 Å². The molecule has 0 fully saturated rings. The first kappa shape index (κ1) is 32.2. The lowest BCUT2D eigenvalue weighted by molar-refractivity contribution is -0.189. The van der Waals surface area contributed by atoms with E-state index in [0.29, 0.717) is 26.4 Å². The molecule has 0 bridgehead atoms. The Bertz CT molecular complexity index is 400. The van der Waals surface area contributed by atoms with E-state index in [9.17, 15) is 0 Å². The van der Waals surface area contributed by atoms with E-state index in [4.69, 9.17) is 33.2 Å². The van der Waals surface area contributed by atoms with Gasteiger partial charge in [-0.3, -0.25) is 0 Å². The van der Waals surface area contributed by atoms with Crippen LogP contribution in [-0.2, 0) is 33.2 Å². The molecule has 0 radical (unpaired) electrons. The summed E-state index contributed by atoms with van der Waals surface area (Å²) in [6.45, 7) is 11.2. The topological polar surface area (TPSA) is 64.6 Å². The highest BCUT2D eigenvalue weighted by molar-refractivity contribution is 4.89. The fraction of sp³-hybridized carbons (Fsp3) is 0.846. The Labute approximate surface area is 202 Å². The standard InChI is InChI=1S/C26H50O7/c1-7-19-29-25(30-20-8-2)17-13-11-15-23(27-5)33-24(28-6)16-12-14-18-26(31-21-9-3)32-22-10-4/h11-12,15-16,23-26H,7-10,13-14,17-22H2,1-6H3. The molecule has 0 saturated heterocycles. The molecule has 0 aliphatic carbocycles. The molecular formula is C26H50O7. The molecule has 0 aromatic rings. The van der Waals surface area contributed by atoms with E-state index in [1.165, 1.54) is 0 Å². The fourth-order valence-electron chi connectivity index (χ4n) is 2.80. The van der Waals surface area contributed by atoms with E-state index in [1.54, 1.807) is 14.2 Å². The van der Waals surface area contributed by atoms with Crippen LogP contribution in [0.3, 0.4) is 0 Å². The minimum Gasteiger partial charge on any atom is -0.353 e. The Kier molecular flexibility index (Phi) is 23.7. The molecule has 7 nitrogen and oxygen atoms in total. The van der Waals surface area contributed by atoms with Crippen molar-refractivity contribution in [3.8, 4) is 0 Å². The zero-order valence-electron chi connectivity index (χ0n) is 22.0. The second kappa shape index (κ2) is 24.3. The van der Waals surface area contributed by atoms with Gasteiger partial charge in [-0.1, -0.05) is 39.8 Å². The smallest absolute Gasteiger partial charge is 0.179 e. The zero-order chi connectivity index (χ0) is 24.6. The SMILES string of the molecule is CCCOC(CCC=CC(OC)OC(C=CCCC(OCCC)OCCC)OC)OCCC. The average molecular weight is 475 g/mol. The highest BCUT2D eigenvalue weighted by atomic mass is 16.8. The van der Waals surface area contributed by atoms with E-state index in [0.717, 1.165) is 51.4 Å². The number of hydrogen-bond donors (Lipinski definition) is 0. The fourth-order valence-corrected chi connectivity index (χ4v) is 2.80. The number of allylic oxidation sites excluding steroid dienone is 2. The molecule has 0 N–H and O–H groups in total. The zero-order valence-corrected chi connectivity index (χ0v) is 22.0. The van der Waals surface area contributed by atoms with Gasteiger partial charge in [0.05, 0.1) is 0 Å². The highest BCUT2D eigenvalue weighted by Crippen LogP contribution is 2.11. The van der Waals surface area contributed by atoms with Crippen molar-refractivity contribution in [2.24, 2.45) is 0 Å². The normalized spacial score (nSPS) is 14.3. The second-order valence-electron chi connectivity index (χ2n) is 7.70. The molecule has 2 atom stereocenters. The van der Waals surface area contributed by atoms with Crippen LogP contribution < -0.4 is 0 Å². The Balaban J connectivity index is 4.46. The molecule has 196 valence electrons.